The first kappa shape index (κ1) is 13.1. The summed E-state index contributed by atoms with van der Waals surface area (Å²) in [7, 11) is 0. The summed E-state index contributed by atoms with van der Waals surface area (Å²) in [5.74, 6) is -3.29. The summed E-state index contributed by atoms with van der Waals surface area (Å²) in [6, 6.07) is 4.57. The van der Waals surface area contributed by atoms with Crippen molar-refractivity contribution >= 4 is 0 Å². The zero-order valence-corrected chi connectivity index (χ0v) is 9.72. The van der Waals surface area contributed by atoms with Crippen LogP contribution in [0.25, 0.3) is 0 Å². The average Bonchev–Trinajstić information content (AvgIpc) is 2.16. The predicted molar refractivity (Wildman–Crippen MR) is 59.3 cm³/mol. The van der Waals surface area contributed by atoms with Gasteiger partial charge in [0.25, 0.3) is 0 Å². The molecule has 4 heteroatoms. The first-order valence-corrected chi connectivity index (χ1v) is 5.11. The Morgan fingerprint density at radius 2 is 1.88 bits per heavy atom. The van der Waals surface area contributed by atoms with Gasteiger partial charge in [-0.25, -0.2) is 0 Å². The zero-order valence-electron chi connectivity index (χ0n) is 9.72. The molecule has 1 aromatic carbocycles. The van der Waals surface area contributed by atoms with Crippen molar-refractivity contribution < 1.29 is 13.9 Å². The molecule has 2 nitrogen and oxygen atoms in total. The normalized spacial score (nSPS) is 12.9. The van der Waals surface area contributed by atoms with Crippen molar-refractivity contribution in [3.05, 3.63) is 34.9 Å². The molecule has 16 heavy (non-hydrogen) atoms. The van der Waals surface area contributed by atoms with E-state index in [-0.39, 0.29) is 12.1 Å². The van der Waals surface area contributed by atoms with Crippen LogP contribution >= 0.6 is 0 Å². The van der Waals surface area contributed by atoms with Gasteiger partial charge in [-0.2, -0.15) is 8.78 Å². The maximum Gasteiger partial charge on any atom is 0.300 e. The molecule has 0 unspecified atom stereocenters. The summed E-state index contributed by atoms with van der Waals surface area (Å²) in [6.07, 6.45) is 0. The maximum atomic E-state index is 13.9. The molecule has 0 radical (unpaired) electrons. The van der Waals surface area contributed by atoms with Crippen LogP contribution in [0.5, 0.6) is 0 Å². The third-order valence-electron chi connectivity index (χ3n) is 2.77. The topological polar surface area (TPSA) is 46.2 Å². The van der Waals surface area contributed by atoms with Crippen LogP contribution in [-0.4, -0.2) is 10.7 Å². The largest absolute Gasteiger partial charge is 0.384 e. The molecule has 0 aliphatic rings. The molecule has 0 saturated carbocycles. The van der Waals surface area contributed by atoms with Crippen molar-refractivity contribution in [2.75, 3.05) is 0 Å². The van der Waals surface area contributed by atoms with Gasteiger partial charge in [-0.15, -0.1) is 0 Å². The van der Waals surface area contributed by atoms with Crippen molar-refractivity contribution in [3.8, 4) is 0 Å². The number of halogens is 2. The van der Waals surface area contributed by atoms with E-state index in [0.717, 1.165) is 13.8 Å². The average molecular weight is 229 g/mol. The molecule has 0 spiro atoms. The summed E-state index contributed by atoms with van der Waals surface area (Å²) in [6.45, 7) is 4.00. The second-order valence-corrected chi connectivity index (χ2v) is 4.43. The first-order chi connectivity index (χ1) is 7.21. The summed E-state index contributed by atoms with van der Waals surface area (Å²) >= 11 is 0. The lowest BCUT2D eigenvalue weighted by Crippen LogP contribution is -2.40. The Balaban J connectivity index is 3.34. The number of hydrogen-bond acceptors (Lipinski definition) is 2. The molecule has 1 rings (SSSR count). The molecule has 0 heterocycles. The van der Waals surface area contributed by atoms with E-state index in [4.69, 9.17) is 5.73 Å². The lowest BCUT2D eigenvalue weighted by Gasteiger charge is -2.30. The molecular weight excluding hydrogens is 212 g/mol. The quantitative estimate of drug-likeness (QED) is 0.835. The van der Waals surface area contributed by atoms with E-state index in [1.807, 2.05) is 0 Å². The predicted octanol–water partition coefficient (Wildman–Crippen LogP) is 2.32. The van der Waals surface area contributed by atoms with Gasteiger partial charge in [0.05, 0.1) is 0 Å². The van der Waals surface area contributed by atoms with Crippen molar-refractivity contribution in [2.45, 2.75) is 38.8 Å². The molecule has 0 amide bonds. The minimum absolute atomic E-state index is 0.164. The van der Waals surface area contributed by atoms with E-state index >= 15 is 0 Å². The molecule has 0 atom stereocenters. The first-order valence-electron chi connectivity index (χ1n) is 5.11. The van der Waals surface area contributed by atoms with E-state index in [9.17, 15) is 13.9 Å². The fraction of sp³-hybridized carbons (Fsp3) is 0.500. The fourth-order valence-corrected chi connectivity index (χ4v) is 1.57. The van der Waals surface area contributed by atoms with Crippen LogP contribution in [0.3, 0.4) is 0 Å². The Labute approximate surface area is 94.1 Å². The number of benzene rings is 1. The molecule has 0 aliphatic carbocycles. The molecule has 0 aromatic heterocycles. The number of alkyl halides is 2. The van der Waals surface area contributed by atoms with E-state index < -0.39 is 11.5 Å². The second-order valence-electron chi connectivity index (χ2n) is 4.43. The highest BCUT2D eigenvalue weighted by Crippen LogP contribution is 2.40. The Morgan fingerprint density at radius 3 is 2.31 bits per heavy atom. The van der Waals surface area contributed by atoms with Gasteiger partial charge in [-0.3, -0.25) is 0 Å². The van der Waals surface area contributed by atoms with Gasteiger partial charge in [-0.1, -0.05) is 18.2 Å². The van der Waals surface area contributed by atoms with Crippen LogP contribution in [0, 0.1) is 6.92 Å². The van der Waals surface area contributed by atoms with Crippen LogP contribution in [0.15, 0.2) is 18.2 Å². The highest BCUT2D eigenvalue weighted by molar-refractivity contribution is 5.38. The molecule has 1 aromatic rings. The van der Waals surface area contributed by atoms with Gasteiger partial charge in [0, 0.05) is 12.1 Å². The molecule has 3 N–H and O–H groups in total. The number of rotatable bonds is 3. The van der Waals surface area contributed by atoms with Crippen molar-refractivity contribution in [1.29, 1.82) is 0 Å². The van der Waals surface area contributed by atoms with Crippen molar-refractivity contribution in [2.24, 2.45) is 5.73 Å². The van der Waals surface area contributed by atoms with Crippen LogP contribution in [0.2, 0.25) is 0 Å². The van der Waals surface area contributed by atoms with Crippen LogP contribution in [0.1, 0.15) is 30.5 Å². The van der Waals surface area contributed by atoms with Gasteiger partial charge >= 0.3 is 5.92 Å². The van der Waals surface area contributed by atoms with E-state index in [1.54, 1.807) is 13.0 Å². The summed E-state index contributed by atoms with van der Waals surface area (Å²) < 4.78 is 27.9. The number of nitrogens with two attached hydrogens (primary N) is 1. The smallest absolute Gasteiger partial charge is 0.300 e. The Morgan fingerprint density at radius 1 is 1.31 bits per heavy atom. The fourth-order valence-electron chi connectivity index (χ4n) is 1.57. The van der Waals surface area contributed by atoms with Gasteiger partial charge in [0.1, 0.15) is 5.60 Å². The lowest BCUT2D eigenvalue weighted by atomic mass is 9.89. The second kappa shape index (κ2) is 4.11. The molecule has 0 bridgehead atoms. The highest BCUT2D eigenvalue weighted by Gasteiger charge is 2.47. The van der Waals surface area contributed by atoms with Crippen molar-refractivity contribution in [1.82, 2.24) is 0 Å². The van der Waals surface area contributed by atoms with Crippen LogP contribution in [0.4, 0.5) is 8.78 Å². The number of aliphatic hydroxyl groups is 1. The van der Waals surface area contributed by atoms with Crippen molar-refractivity contribution in [3.63, 3.8) is 0 Å². The van der Waals surface area contributed by atoms with Crippen LogP contribution < -0.4 is 5.73 Å². The molecular formula is C12H17F2NO. The summed E-state index contributed by atoms with van der Waals surface area (Å²) in [5.41, 5.74) is 4.32. The molecule has 0 saturated heterocycles. The van der Waals surface area contributed by atoms with Gasteiger partial charge in [0.2, 0.25) is 0 Å². The van der Waals surface area contributed by atoms with Gasteiger partial charge in [-0.05, 0) is 31.9 Å². The number of hydrogen-bond donors (Lipinski definition) is 2. The SMILES string of the molecule is Cc1c(CN)cccc1C(F)(F)C(C)(C)O. The maximum absolute atomic E-state index is 13.9. The monoisotopic (exact) mass is 229 g/mol. The third kappa shape index (κ3) is 2.08. The van der Waals surface area contributed by atoms with E-state index in [1.165, 1.54) is 12.1 Å². The Hall–Kier alpha value is -1.00. The van der Waals surface area contributed by atoms with Gasteiger partial charge in [0.15, 0.2) is 0 Å². The van der Waals surface area contributed by atoms with Gasteiger partial charge < -0.3 is 10.8 Å². The van der Waals surface area contributed by atoms with E-state index in [0.29, 0.717) is 11.1 Å². The van der Waals surface area contributed by atoms with E-state index in [2.05, 4.69) is 0 Å². The Bertz CT molecular complexity index is 383. The molecule has 0 fully saturated rings. The third-order valence-corrected chi connectivity index (χ3v) is 2.77. The Kier molecular flexibility index (Phi) is 3.35. The highest BCUT2D eigenvalue weighted by atomic mass is 19.3. The molecule has 0 aliphatic heterocycles. The molecule has 90 valence electrons. The standard InChI is InChI=1S/C12H17F2NO/c1-8-9(7-15)5-4-6-10(8)12(13,14)11(2,3)16/h4-6,16H,7,15H2,1-3H3. The minimum Gasteiger partial charge on any atom is -0.384 e. The summed E-state index contributed by atoms with van der Waals surface area (Å²) in [5, 5.41) is 9.51. The zero-order chi connectivity index (χ0) is 12.6. The van der Waals surface area contributed by atoms with Crippen LogP contribution in [-0.2, 0) is 12.5 Å². The summed E-state index contributed by atoms with van der Waals surface area (Å²) in [4.78, 5) is 0. The lowest BCUT2D eigenvalue weighted by molar-refractivity contribution is -0.168. The minimum atomic E-state index is -3.29.